The Labute approximate surface area is 64.7 Å². The molecule has 3 nitrogen and oxygen atoms in total. The van der Waals surface area contributed by atoms with Crippen molar-refractivity contribution in [2.24, 2.45) is 5.41 Å². The summed E-state index contributed by atoms with van der Waals surface area (Å²) in [4.78, 5) is 21.3. The highest BCUT2D eigenvalue weighted by Gasteiger charge is 2.50. The highest BCUT2D eigenvalue weighted by Crippen LogP contribution is 2.43. The molecule has 0 aliphatic heterocycles. The highest BCUT2D eigenvalue weighted by atomic mass is 16.4. The SMILES string of the molecule is C=C(C)C1(C(=O)O)CC(=O)C1. The molecule has 1 saturated carbocycles. The molecule has 0 spiro atoms. The Balaban J connectivity index is 2.85. The van der Waals surface area contributed by atoms with Crippen molar-refractivity contribution in [3.63, 3.8) is 0 Å². The van der Waals surface area contributed by atoms with Crippen LogP contribution in [-0.2, 0) is 9.59 Å². The van der Waals surface area contributed by atoms with Gasteiger partial charge in [-0.3, -0.25) is 9.59 Å². The van der Waals surface area contributed by atoms with Gasteiger partial charge in [-0.2, -0.15) is 0 Å². The average molecular weight is 154 g/mol. The van der Waals surface area contributed by atoms with Gasteiger partial charge in [0.1, 0.15) is 11.2 Å². The van der Waals surface area contributed by atoms with Crippen LogP contribution in [0.1, 0.15) is 19.8 Å². The quantitative estimate of drug-likeness (QED) is 0.603. The lowest BCUT2D eigenvalue weighted by Gasteiger charge is -2.36. The van der Waals surface area contributed by atoms with Gasteiger partial charge in [0.15, 0.2) is 0 Å². The van der Waals surface area contributed by atoms with Crippen LogP contribution >= 0.6 is 0 Å². The molecule has 1 aliphatic rings. The molecule has 0 saturated heterocycles. The Hall–Kier alpha value is -1.12. The summed E-state index contributed by atoms with van der Waals surface area (Å²) in [6.07, 6.45) is 0.245. The van der Waals surface area contributed by atoms with Gasteiger partial charge in [-0.1, -0.05) is 12.2 Å². The zero-order chi connectivity index (χ0) is 8.65. The van der Waals surface area contributed by atoms with Crippen LogP contribution in [0.4, 0.5) is 0 Å². The van der Waals surface area contributed by atoms with Crippen LogP contribution in [0.2, 0.25) is 0 Å². The molecule has 1 N–H and O–H groups in total. The molecule has 0 aromatic heterocycles. The van der Waals surface area contributed by atoms with Gasteiger partial charge in [0, 0.05) is 12.8 Å². The van der Waals surface area contributed by atoms with Crippen LogP contribution in [0.15, 0.2) is 12.2 Å². The third kappa shape index (κ3) is 0.964. The van der Waals surface area contributed by atoms with E-state index in [1.54, 1.807) is 6.92 Å². The van der Waals surface area contributed by atoms with Gasteiger partial charge >= 0.3 is 5.97 Å². The Morgan fingerprint density at radius 2 is 2.09 bits per heavy atom. The molecule has 0 radical (unpaired) electrons. The fourth-order valence-electron chi connectivity index (χ4n) is 1.26. The first-order valence-electron chi connectivity index (χ1n) is 3.40. The van der Waals surface area contributed by atoms with Crippen molar-refractivity contribution in [1.82, 2.24) is 0 Å². The molecule has 0 aromatic carbocycles. The van der Waals surface area contributed by atoms with E-state index in [4.69, 9.17) is 5.11 Å². The zero-order valence-electron chi connectivity index (χ0n) is 6.39. The molecule has 0 aromatic rings. The minimum atomic E-state index is -0.933. The summed E-state index contributed by atoms with van der Waals surface area (Å²) in [6, 6.07) is 0. The van der Waals surface area contributed by atoms with Crippen molar-refractivity contribution in [3.8, 4) is 0 Å². The smallest absolute Gasteiger partial charge is 0.314 e. The van der Waals surface area contributed by atoms with Crippen molar-refractivity contribution < 1.29 is 14.7 Å². The van der Waals surface area contributed by atoms with E-state index in [2.05, 4.69) is 6.58 Å². The minimum Gasteiger partial charge on any atom is -0.481 e. The van der Waals surface area contributed by atoms with E-state index < -0.39 is 11.4 Å². The number of Topliss-reactive ketones (excluding diaryl/α,β-unsaturated/α-hetero) is 1. The van der Waals surface area contributed by atoms with Crippen LogP contribution in [0, 0.1) is 5.41 Å². The van der Waals surface area contributed by atoms with Crippen molar-refractivity contribution in [2.45, 2.75) is 19.8 Å². The molecule has 1 aliphatic carbocycles. The molecule has 11 heavy (non-hydrogen) atoms. The van der Waals surface area contributed by atoms with E-state index in [1.165, 1.54) is 0 Å². The molecule has 60 valence electrons. The van der Waals surface area contributed by atoms with Crippen molar-refractivity contribution >= 4 is 11.8 Å². The van der Waals surface area contributed by atoms with Gasteiger partial charge in [0.2, 0.25) is 0 Å². The maximum Gasteiger partial charge on any atom is 0.314 e. The lowest BCUT2D eigenvalue weighted by atomic mass is 9.64. The lowest BCUT2D eigenvalue weighted by molar-refractivity contribution is -0.157. The van der Waals surface area contributed by atoms with Gasteiger partial charge in [0.05, 0.1) is 0 Å². The number of ketones is 1. The number of hydrogen-bond donors (Lipinski definition) is 1. The second kappa shape index (κ2) is 2.19. The van der Waals surface area contributed by atoms with E-state index >= 15 is 0 Å². The van der Waals surface area contributed by atoms with Gasteiger partial charge in [-0.05, 0) is 6.92 Å². The Morgan fingerprint density at radius 3 is 2.18 bits per heavy atom. The van der Waals surface area contributed by atoms with Crippen LogP contribution < -0.4 is 0 Å². The summed E-state index contributed by atoms with van der Waals surface area (Å²) in [5.74, 6) is -0.917. The van der Waals surface area contributed by atoms with E-state index in [0.29, 0.717) is 5.57 Å². The third-order valence-corrected chi connectivity index (χ3v) is 2.22. The highest BCUT2D eigenvalue weighted by molar-refractivity contribution is 5.99. The summed E-state index contributed by atoms with van der Waals surface area (Å²) < 4.78 is 0. The van der Waals surface area contributed by atoms with E-state index in [9.17, 15) is 9.59 Å². The number of carboxylic acid groups (broad SMARTS) is 1. The standard InChI is InChI=1S/C8H10O3/c1-5(2)8(7(10)11)3-6(9)4-8/h1,3-4H2,2H3,(H,10,11). The van der Waals surface area contributed by atoms with Crippen molar-refractivity contribution in [2.75, 3.05) is 0 Å². The summed E-state index contributed by atoms with van der Waals surface area (Å²) in [6.45, 7) is 5.23. The zero-order valence-corrected chi connectivity index (χ0v) is 6.39. The molecule has 0 bridgehead atoms. The fraction of sp³-hybridized carbons (Fsp3) is 0.500. The molecule has 0 unspecified atom stereocenters. The topological polar surface area (TPSA) is 54.4 Å². The number of hydrogen-bond acceptors (Lipinski definition) is 2. The predicted octanol–water partition coefficient (Wildman–Crippen LogP) is 0.996. The summed E-state index contributed by atoms with van der Waals surface area (Å²) >= 11 is 0. The van der Waals surface area contributed by atoms with E-state index in [1.807, 2.05) is 0 Å². The molecule has 0 heterocycles. The molecule has 0 amide bonds. The number of aliphatic carboxylic acids is 1. The van der Waals surface area contributed by atoms with Crippen LogP contribution in [-0.4, -0.2) is 16.9 Å². The lowest BCUT2D eigenvalue weighted by Crippen LogP contribution is -2.44. The van der Waals surface area contributed by atoms with Gasteiger partial charge in [-0.25, -0.2) is 0 Å². The van der Waals surface area contributed by atoms with Crippen LogP contribution in [0.3, 0.4) is 0 Å². The molecule has 0 atom stereocenters. The molecule has 3 heteroatoms. The first kappa shape index (κ1) is 7.98. The van der Waals surface area contributed by atoms with Crippen LogP contribution in [0.25, 0.3) is 0 Å². The minimum absolute atomic E-state index is 0.00963. The molecular formula is C8H10O3. The van der Waals surface area contributed by atoms with Gasteiger partial charge in [0.25, 0.3) is 0 Å². The number of carboxylic acids is 1. The maximum atomic E-state index is 10.7. The Kier molecular flexibility index (Phi) is 1.59. The third-order valence-electron chi connectivity index (χ3n) is 2.22. The van der Waals surface area contributed by atoms with E-state index in [0.717, 1.165) is 0 Å². The second-order valence-electron chi connectivity index (χ2n) is 3.06. The molecule has 1 rings (SSSR count). The van der Waals surface area contributed by atoms with E-state index in [-0.39, 0.29) is 18.6 Å². The second-order valence-corrected chi connectivity index (χ2v) is 3.06. The maximum absolute atomic E-state index is 10.7. The number of rotatable bonds is 2. The normalized spacial score (nSPS) is 20.6. The Morgan fingerprint density at radius 1 is 1.64 bits per heavy atom. The van der Waals surface area contributed by atoms with Gasteiger partial charge in [-0.15, -0.1) is 0 Å². The largest absolute Gasteiger partial charge is 0.481 e. The molecule has 1 fully saturated rings. The van der Waals surface area contributed by atoms with Gasteiger partial charge < -0.3 is 5.11 Å². The average Bonchev–Trinajstić information content (AvgIpc) is 1.78. The van der Waals surface area contributed by atoms with Crippen LogP contribution in [0.5, 0.6) is 0 Å². The summed E-state index contributed by atoms with van der Waals surface area (Å²) in [7, 11) is 0. The number of carbonyl (C=O) groups is 2. The van der Waals surface area contributed by atoms with Crippen molar-refractivity contribution in [3.05, 3.63) is 12.2 Å². The molecular weight excluding hydrogens is 144 g/mol. The summed E-state index contributed by atoms with van der Waals surface area (Å²) in [5, 5.41) is 8.76. The Bertz CT molecular complexity index is 216. The van der Waals surface area contributed by atoms with Crippen molar-refractivity contribution in [1.29, 1.82) is 0 Å². The first-order valence-corrected chi connectivity index (χ1v) is 3.40. The number of carbonyl (C=O) groups excluding carboxylic acids is 1. The first-order chi connectivity index (χ1) is 4.99. The fourth-order valence-corrected chi connectivity index (χ4v) is 1.26. The monoisotopic (exact) mass is 154 g/mol. The predicted molar refractivity (Wildman–Crippen MR) is 39.1 cm³/mol. The summed E-state index contributed by atoms with van der Waals surface area (Å²) in [5.41, 5.74) is -0.360.